The zero-order chi connectivity index (χ0) is 23.9. The summed E-state index contributed by atoms with van der Waals surface area (Å²) in [5.41, 5.74) is 3.11. The van der Waals surface area contributed by atoms with Crippen molar-refractivity contribution in [2.45, 2.75) is 37.3 Å². The van der Waals surface area contributed by atoms with Crippen LogP contribution in [0.3, 0.4) is 0 Å². The molecule has 34 heavy (non-hydrogen) atoms. The van der Waals surface area contributed by atoms with Crippen molar-refractivity contribution in [1.82, 2.24) is 9.80 Å². The summed E-state index contributed by atoms with van der Waals surface area (Å²) >= 11 is 6.49. The van der Waals surface area contributed by atoms with Gasteiger partial charge in [0.15, 0.2) is 0 Å². The molecule has 1 fully saturated rings. The van der Waals surface area contributed by atoms with Crippen molar-refractivity contribution >= 4 is 28.7 Å². The number of benzene rings is 3. The van der Waals surface area contributed by atoms with Gasteiger partial charge in [-0.25, -0.2) is 4.39 Å². The lowest BCUT2D eigenvalue weighted by Gasteiger charge is -2.44. The average Bonchev–Trinajstić information content (AvgIpc) is 3.29. The highest BCUT2D eigenvalue weighted by Gasteiger charge is 2.46. The van der Waals surface area contributed by atoms with Crippen molar-refractivity contribution < 1.29 is 9.18 Å². The number of fused-ring (bicyclic) bond motifs is 1. The topological polar surface area (TPSA) is 23.6 Å². The van der Waals surface area contributed by atoms with E-state index >= 15 is 0 Å². The first-order valence-electron chi connectivity index (χ1n) is 12.0. The van der Waals surface area contributed by atoms with E-state index in [-0.39, 0.29) is 23.3 Å². The van der Waals surface area contributed by atoms with Crippen molar-refractivity contribution in [3.05, 3.63) is 94.3 Å². The van der Waals surface area contributed by atoms with Gasteiger partial charge in [-0.1, -0.05) is 54.1 Å². The molecule has 2 heterocycles. The molecule has 0 saturated carbocycles. The number of carbonyl (C=O) groups excluding carboxylic acids is 1. The molecule has 2 aliphatic heterocycles. The van der Waals surface area contributed by atoms with Crippen molar-refractivity contribution in [2.24, 2.45) is 0 Å². The second kappa shape index (κ2) is 9.26. The number of carbonyl (C=O) groups is 1. The zero-order valence-corrected chi connectivity index (χ0v) is 20.4. The molecule has 5 rings (SSSR count). The van der Waals surface area contributed by atoms with E-state index < -0.39 is 0 Å². The summed E-state index contributed by atoms with van der Waals surface area (Å²) in [4.78, 5) is 17.2. The standard InChI is InChI=1S/C29H30ClFN2O/c1-20(26-18-23(30)17-21-5-3-4-6-25(21)26)33-14-11-27(28(33)19-34)29(12-15-32(2)16-13-29)22-7-9-24(31)10-8-22/h3-11,17-20,28H,12-16H2,1-2H3/t20-,28?/m0/s1. The predicted molar refractivity (Wildman–Crippen MR) is 137 cm³/mol. The maximum Gasteiger partial charge on any atom is 0.141 e. The number of hydrogen-bond donors (Lipinski definition) is 0. The van der Waals surface area contributed by atoms with Crippen LogP contribution in [0, 0.1) is 5.82 Å². The maximum atomic E-state index is 13.8. The van der Waals surface area contributed by atoms with Crippen LogP contribution in [0.5, 0.6) is 0 Å². The molecule has 176 valence electrons. The van der Waals surface area contributed by atoms with Gasteiger partial charge in [0.25, 0.3) is 0 Å². The molecule has 0 aromatic heterocycles. The first-order valence-corrected chi connectivity index (χ1v) is 12.3. The van der Waals surface area contributed by atoms with Crippen molar-refractivity contribution in [3.8, 4) is 0 Å². The molecule has 3 aromatic carbocycles. The number of halogens is 2. The number of likely N-dealkylation sites (tertiary alicyclic amines) is 1. The van der Waals surface area contributed by atoms with E-state index in [2.05, 4.69) is 42.0 Å². The molecule has 1 unspecified atom stereocenters. The molecule has 0 radical (unpaired) electrons. The van der Waals surface area contributed by atoms with Crippen LogP contribution in [0.1, 0.15) is 36.9 Å². The summed E-state index contributed by atoms with van der Waals surface area (Å²) in [5.74, 6) is -0.234. The molecular weight excluding hydrogens is 447 g/mol. The van der Waals surface area contributed by atoms with Crippen molar-refractivity contribution in [1.29, 1.82) is 0 Å². The molecule has 0 bridgehead atoms. The van der Waals surface area contributed by atoms with Crippen LogP contribution in [0.4, 0.5) is 4.39 Å². The van der Waals surface area contributed by atoms with Crippen molar-refractivity contribution in [2.75, 3.05) is 26.7 Å². The third-order valence-electron chi connectivity index (χ3n) is 7.92. The largest absolute Gasteiger partial charge is 0.306 e. The number of piperidine rings is 1. The van der Waals surface area contributed by atoms with Crippen LogP contribution in [0.2, 0.25) is 5.02 Å². The predicted octanol–water partition coefficient (Wildman–Crippen LogP) is 6.17. The summed E-state index contributed by atoms with van der Waals surface area (Å²) < 4.78 is 13.8. The van der Waals surface area contributed by atoms with Gasteiger partial charge in [0.05, 0.1) is 6.04 Å². The third-order valence-corrected chi connectivity index (χ3v) is 8.14. The second-order valence-corrected chi connectivity index (χ2v) is 10.2. The van der Waals surface area contributed by atoms with Gasteiger partial charge < -0.3 is 9.69 Å². The Balaban J connectivity index is 1.53. The molecule has 2 aliphatic rings. The van der Waals surface area contributed by atoms with Crippen LogP contribution in [-0.4, -0.2) is 48.8 Å². The Hall–Kier alpha value is -2.53. The van der Waals surface area contributed by atoms with Crippen LogP contribution in [0.25, 0.3) is 10.8 Å². The fraction of sp³-hybridized carbons (Fsp3) is 0.345. The molecule has 0 N–H and O–H groups in total. The van der Waals surface area contributed by atoms with E-state index in [1.165, 1.54) is 0 Å². The van der Waals surface area contributed by atoms with Crippen LogP contribution in [0.15, 0.2) is 72.3 Å². The smallest absolute Gasteiger partial charge is 0.141 e. The van der Waals surface area contributed by atoms with Crippen molar-refractivity contribution in [3.63, 3.8) is 0 Å². The molecular formula is C29H30ClFN2O. The Bertz CT molecular complexity index is 1230. The van der Waals surface area contributed by atoms with Crippen LogP contribution in [-0.2, 0) is 10.2 Å². The normalized spacial score (nSPS) is 22.0. The first kappa shape index (κ1) is 23.2. The summed E-state index contributed by atoms with van der Waals surface area (Å²) in [6.45, 7) is 4.73. The highest BCUT2D eigenvalue weighted by molar-refractivity contribution is 6.31. The second-order valence-electron chi connectivity index (χ2n) is 9.72. The lowest BCUT2D eigenvalue weighted by Crippen LogP contribution is -2.47. The molecule has 0 spiro atoms. The Morgan fingerprint density at radius 2 is 1.79 bits per heavy atom. The fourth-order valence-corrected chi connectivity index (χ4v) is 6.22. The first-order chi connectivity index (χ1) is 16.4. The lowest BCUT2D eigenvalue weighted by molar-refractivity contribution is -0.111. The molecule has 1 saturated heterocycles. The van der Waals surface area contributed by atoms with Gasteiger partial charge in [0.1, 0.15) is 12.1 Å². The molecule has 0 amide bonds. The Kier molecular flexibility index (Phi) is 6.32. The van der Waals surface area contributed by atoms with Gasteiger partial charge in [-0.15, -0.1) is 0 Å². The minimum absolute atomic E-state index is 0.00378. The Labute approximate surface area is 205 Å². The summed E-state index contributed by atoms with van der Waals surface area (Å²) in [7, 11) is 2.13. The Morgan fingerprint density at radius 1 is 1.09 bits per heavy atom. The van der Waals surface area contributed by atoms with Gasteiger partial charge >= 0.3 is 0 Å². The van der Waals surface area contributed by atoms with E-state index in [1.807, 2.05) is 36.4 Å². The van der Waals surface area contributed by atoms with E-state index in [0.29, 0.717) is 11.6 Å². The zero-order valence-electron chi connectivity index (χ0n) is 19.7. The minimum atomic E-state index is -0.332. The molecule has 3 nitrogen and oxygen atoms in total. The number of aldehydes is 1. The van der Waals surface area contributed by atoms with Crippen LogP contribution < -0.4 is 0 Å². The van der Waals surface area contributed by atoms with E-state index in [0.717, 1.165) is 59.7 Å². The molecule has 0 aliphatic carbocycles. The number of hydrogen-bond acceptors (Lipinski definition) is 3. The number of nitrogens with zero attached hydrogens (tertiary/aromatic N) is 2. The van der Waals surface area contributed by atoms with Gasteiger partial charge in [0.2, 0.25) is 0 Å². The third kappa shape index (κ3) is 3.98. The highest BCUT2D eigenvalue weighted by Crippen LogP contribution is 2.47. The van der Waals surface area contributed by atoms with Gasteiger partial charge in [-0.3, -0.25) is 4.90 Å². The molecule has 3 aromatic rings. The van der Waals surface area contributed by atoms with Crippen LogP contribution >= 0.6 is 11.6 Å². The molecule has 5 heteroatoms. The monoisotopic (exact) mass is 476 g/mol. The summed E-state index contributed by atoms with van der Waals surface area (Å²) in [5, 5.41) is 2.96. The highest BCUT2D eigenvalue weighted by atomic mass is 35.5. The average molecular weight is 477 g/mol. The SMILES string of the molecule is C[C@@H](c1cc(Cl)cc2ccccc12)N1CC=C(C2(c3ccc(F)cc3)CCN(C)CC2)C1C=O. The summed E-state index contributed by atoms with van der Waals surface area (Å²) in [6.07, 6.45) is 5.16. The quantitative estimate of drug-likeness (QED) is 0.325. The van der Waals surface area contributed by atoms with Gasteiger partial charge in [0, 0.05) is 23.0 Å². The summed E-state index contributed by atoms with van der Waals surface area (Å²) in [6, 6.07) is 18.8. The molecule has 2 atom stereocenters. The van der Waals surface area contributed by atoms with Gasteiger partial charge in [-0.2, -0.15) is 0 Å². The Morgan fingerprint density at radius 3 is 2.50 bits per heavy atom. The lowest BCUT2D eigenvalue weighted by atomic mass is 9.66. The van der Waals surface area contributed by atoms with E-state index in [1.54, 1.807) is 12.1 Å². The van der Waals surface area contributed by atoms with Gasteiger partial charge in [-0.05, 0) is 91.6 Å². The van der Waals surface area contributed by atoms with E-state index in [9.17, 15) is 9.18 Å². The van der Waals surface area contributed by atoms with E-state index in [4.69, 9.17) is 11.6 Å². The minimum Gasteiger partial charge on any atom is -0.306 e. The fourth-order valence-electron chi connectivity index (χ4n) is 5.99. The number of rotatable bonds is 5. The maximum absolute atomic E-state index is 13.8.